The number of aliphatic hydroxyl groups is 1. The van der Waals surface area contributed by atoms with Gasteiger partial charge in [0, 0.05) is 13.6 Å². The summed E-state index contributed by atoms with van der Waals surface area (Å²) in [6.07, 6.45) is 0.743. The van der Waals surface area contributed by atoms with Crippen LogP contribution in [0.15, 0.2) is 0 Å². The fourth-order valence-corrected chi connectivity index (χ4v) is 1.73. The molecule has 0 fully saturated rings. The lowest BCUT2D eigenvalue weighted by atomic mass is 9.97. The molecule has 0 aromatic heterocycles. The standard InChI is InChI=1S/C12H25N3O3/c1-6-8(2)9(14-11(13)17)10(16)15(5)7-12(3,4)18/h8-9,18H,6-7H2,1-5H3,(H3,13,14,17). The van der Waals surface area contributed by atoms with Crippen LogP contribution in [0, 0.1) is 5.92 Å². The van der Waals surface area contributed by atoms with Crippen LogP contribution in [0.5, 0.6) is 0 Å². The molecule has 0 saturated heterocycles. The molecule has 6 nitrogen and oxygen atoms in total. The Balaban J connectivity index is 4.79. The van der Waals surface area contributed by atoms with Crippen LogP contribution in [-0.4, -0.2) is 47.2 Å². The Morgan fingerprint density at radius 1 is 1.44 bits per heavy atom. The van der Waals surface area contributed by atoms with Crippen LogP contribution in [0.3, 0.4) is 0 Å². The number of urea groups is 1. The maximum Gasteiger partial charge on any atom is 0.312 e. The van der Waals surface area contributed by atoms with Crippen LogP contribution in [0.2, 0.25) is 0 Å². The predicted octanol–water partition coefficient (Wildman–Crippen LogP) is 0.299. The molecule has 0 aliphatic rings. The summed E-state index contributed by atoms with van der Waals surface area (Å²) in [5, 5.41) is 12.2. The van der Waals surface area contributed by atoms with Crippen LogP contribution in [0.4, 0.5) is 4.79 Å². The largest absolute Gasteiger partial charge is 0.389 e. The average molecular weight is 259 g/mol. The lowest BCUT2D eigenvalue weighted by Crippen LogP contribution is -2.54. The van der Waals surface area contributed by atoms with Gasteiger partial charge in [-0.2, -0.15) is 0 Å². The van der Waals surface area contributed by atoms with Crippen molar-refractivity contribution in [2.24, 2.45) is 11.7 Å². The number of hydrogen-bond acceptors (Lipinski definition) is 3. The lowest BCUT2D eigenvalue weighted by molar-refractivity contribution is -0.135. The first-order valence-electron chi connectivity index (χ1n) is 6.11. The van der Waals surface area contributed by atoms with E-state index in [0.717, 1.165) is 6.42 Å². The summed E-state index contributed by atoms with van der Waals surface area (Å²) in [5.41, 5.74) is 4.11. The van der Waals surface area contributed by atoms with Crippen molar-refractivity contribution in [3.8, 4) is 0 Å². The van der Waals surface area contributed by atoms with E-state index in [9.17, 15) is 14.7 Å². The highest BCUT2D eigenvalue weighted by Crippen LogP contribution is 2.12. The van der Waals surface area contributed by atoms with Gasteiger partial charge in [0.05, 0.1) is 5.60 Å². The molecule has 0 rings (SSSR count). The summed E-state index contributed by atoms with van der Waals surface area (Å²) in [4.78, 5) is 24.5. The molecule has 2 atom stereocenters. The molecule has 0 bridgehead atoms. The van der Waals surface area contributed by atoms with Crippen LogP contribution >= 0.6 is 0 Å². The Morgan fingerprint density at radius 2 is 1.94 bits per heavy atom. The molecule has 106 valence electrons. The van der Waals surface area contributed by atoms with Gasteiger partial charge in [0.2, 0.25) is 5.91 Å². The molecule has 0 spiro atoms. The average Bonchev–Trinajstić information content (AvgIpc) is 2.21. The van der Waals surface area contributed by atoms with Crippen molar-refractivity contribution in [3.63, 3.8) is 0 Å². The van der Waals surface area contributed by atoms with E-state index in [-0.39, 0.29) is 18.4 Å². The molecule has 0 aliphatic carbocycles. The molecule has 0 aromatic carbocycles. The van der Waals surface area contributed by atoms with Gasteiger partial charge in [0.1, 0.15) is 6.04 Å². The second-order valence-corrected chi connectivity index (χ2v) is 5.38. The molecular formula is C12H25N3O3. The number of nitrogens with two attached hydrogens (primary N) is 1. The Morgan fingerprint density at radius 3 is 2.28 bits per heavy atom. The van der Waals surface area contributed by atoms with Crippen molar-refractivity contribution in [2.45, 2.75) is 45.8 Å². The topological polar surface area (TPSA) is 95.7 Å². The van der Waals surface area contributed by atoms with Gasteiger partial charge in [-0.1, -0.05) is 20.3 Å². The number of carbonyl (C=O) groups excluding carboxylic acids is 2. The minimum absolute atomic E-state index is 0.0192. The molecule has 3 amide bonds. The van der Waals surface area contributed by atoms with E-state index < -0.39 is 17.7 Å². The molecule has 18 heavy (non-hydrogen) atoms. The SMILES string of the molecule is CCC(C)C(NC(N)=O)C(=O)N(C)CC(C)(C)O. The molecule has 4 N–H and O–H groups in total. The van der Waals surface area contributed by atoms with Crippen molar-refractivity contribution in [1.29, 1.82) is 0 Å². The number of primary amides is 1. The minimum Gasteiger partial charge on any atom is -0.389 e. The lowest BCUT2D eigenvalue weighted by Gasteiger charge is -2.31. The van der Waals surface area contributed by atoms with Gasteiger partial charge in [0.15, 0.2) is 0 Å². The van der Waals surface area contributed by atoms with Crippen molar-refractivity contribution in [3.05, 3.63) is 0 Å². The number of amides is 3. The monoisotopic (exact) mass is 259 g/mol. The Bertz CT molecular complexity index is 299. The minimum atomic E-state index is -0.975. The summed E-state index contributed by atoms with van der Waals surface area (Å²) in [7, 11) is 1.60. The molecule has 6 heteroatoms. The zero-order chi connectivity index (χ0) is 14.5. The van der Waals surface area contributed by atoms with E-state index in [1.165, 1.54) is 4.90 Å². The van der Waals surface area contributed by atoms with E-state index in [1.54, 1.807) is 20.9 Å². The molecule has 2 unspecified atom stereocenters. The van der Waals surface area contributed by atoms with Crippen molar-refractivity contribution >= 4 is 11.9 Å². The summed E-state index contributed by atoms with van der Waals surface area (Å²) < 4.78 is 0. The Kier molecular flexibility index (Phi) is 6.11. The van der Waals surface area contributed by atoms with Crippen LogP contribution < -0.4 is 11.1 Å². The highest BCUT2D eigenvalue weighted by molar-refractivity contribution is 5.86. The van der Waals surface area contributed by atoms with Crippen molar-refractivity contribution < 1.29 is 14.7 Å². The molecule has 0 radical (unpaired) electrons. The number of likely N-dealkylation sites (N-methyl/N-ethyl adjacent to an activating group) is 1. The molecule has 0 saturated carbocycles. The first kappa shape index (κ1) is 16.7. The summed E-state index contributed by atoms with van der Waals surface area (Å²) >= 11 is 0. The maximum atomic E-state index is 12.2. The van der Waals surface area contributed by atoms with E-state index in [2.05, 4.69) is 5.32 Å². The van der Waals surface area contributed by atoms with E-state index >= 15 is 0 Å². The Hall–Kier alpha value is -1.30. The first-order chi connectivity index (χ1) is 8.08. The molecular weight excluding hydrogens is 234 g/mol. The van der Waals surface area contributed by atoms with Gasteiger partial charge in [-0.25, -0.2) is 4.79 Å². The van der Waals surface area contributed by atoms with Crippen LogP contribution in [0.25, 0.3) is 0 Å². The quantitative estimate of drug-likeness (QED) is 0.640. The van der Waals surface area contributed by atoms with E-state index in [4.69, 9.17) is 5.73 Å². The van der Waals surface area contributed by atoms with Gasteiger partial charge >= 0.3 is 6.03 Å². The van der Waals surface area contributed by atoms with Crippen LogP contribution in [-0.2, 0) is 4.79 Å². The number of nitrogens with one attached hydrogen (secondary N) is 1. The number of hydrogen-bond donors (Lipinski definition) is 3. The normalized spacial score (nSPS) is 14.8. The predicted molar refractivity (Wildman–Crippen MR) is 69.9 cm³/mol. The van der Waals surface area contributed by atoms with Gasteiger partial charge in [-0.15, -0.1) is 0 Å². The molecule has 0 aliphatic heterocycles. The summed E-state index contributed by atoms with van der Waals surface area (Å²) in [6.45, 7) is 7.24. The van der Waals surface area contributed by atoms with E-state index in [0.29, 0.717) is 0 Å². The van der Waals surface area contributed by atoms with E-state index in [1.807, 2.05) is 13.8 Å². The maximum absolute atomic E-state index is 12.2. The number of carbonyl (C=O) groups is 2. The summed E-state index contributed by atoms with van der Waals surface area (Å²) in [6, 6.07) is -1.37. The summed E-state index contributed by atoms with van der Waals surface area (Å²) in [5.74, 6) is -0.264. The van der Waals surface area contributed by atoms with Gasteiger partial charge < -0.3 is 21.1 Å². The number of nitrogens with zero attached hydrogens (tertiary/aromatic N) is 1. The van der Waals surface area contributed by atoms with Gasteiger partial charge in [-0.05, 0) is 19.8 Å². The highest BCUT2D eigenvalue weighted by atomic mass is 16.3. The zero-order valence-corrected chi connectivity index (χ0v) is 11.9. The third-order valence-corrected chi connectivity index (χ3v) is 2.78. The third kappa shape index (κ3) is 5.86. The third-order valence-electron chi connectivity index (χ3n) is 2.78. The zero-order valence-electron chi connectivity index (χ0n) is 11.9. The fraction of sp³-hybridized carbons (Fsp3) is 0.833. The second-order valence-electron chi connectivity index (χ2n) is 5.38. The van der Waals surface area contributed by atoms with Crippen molar-refractivity contribution in [1.82, 2.24) is 10.2 Å². The highest BCUT2D eigenvalue weighted by Gasteiger charge is 2.29. The van der Waals surface area contributed by atoms with Gasteiger partial charge in [0.25, 0.3) is 0 Å². The number of rotatable bonds is 6. The van der Waals surface area contributed by atoms with Crippen LogP contribution in [0.1, 0.15) is 34.1 Å². The van der Waals surface area contributed by atoms with Gasteiger partial charge in [-0.3, -0.25) is 4.79 Å². The molecule has 0 aromatic rings. The second kappa shape index (κ2) is 6.58. The smallest absolute Gasteiger partial charge is 0.312 e. The fourth-order valence-electron chi connectivity index (χ4n) is 1.73. The molecule has 0 heterocycles. The first-order valence-corrected chi connectivity index (χ1v) is 6.11. The van der Waals surface area contributed by atoms with Crippen molar-refractivity contribution in [2.75, 3.05) is 13.6 Å². The Labute approximate surface area is 109 Å².